The lowest BCUT2D eigenvalue weighted by atomic mass is 9.96. The Morgan fingerprint density at radius 1 is 1.22 bits per heavy atom. The van der Waals surface area contributed by atoms with E-state index in [9.17, 15) is 5.11 Å². The second-order valence-corrected chi connectivity index (χ2v) is 5.69. The number of ether oxygens (including phenoxy) is 1. The van der Waals surface area contributed by atoms with E-state index in [4.69, 9.17) is 4.74 Å². The van der Waals surface area contributed by atoms with Crippen LogP contribution in [0.1, 0.15) is 50.3 Å². The summed E-state index contributed by atoms with van der Waals surface area (Å²) in [6, 6.07) is 8.34. The highest BCUT2D eigenvalue weighted by molar-refractivity contribution is 5.25. The fourth-order valence-electron chi connectivity index (χ4n) is 2.55. The zero-order valence-corrected chi connectivity index (χ0v) is 11.4. The van der Waals surface area contributed by atoms with E-state index in [1.807, 2.05) is 12.1 Å². The molecule has 100 valence electrons. The van der Waals surface area contributed by atoms with Crippen molar-refractivity contribution in [3.8, 4) is 0 Å². The maximum atomic E-state index is 10.3. The van der Waals surface area contributed by atoms with Gasteiger partial charge in [-0.15, -0.1) is 0 Å². The van der Waals surface area contributed by atoms with Crippen LogP contribution in [0.2, 0.25) is 0 Å². The van der Waals surface area contributed by atoms with Crippen molar-refractivity contribution in [3.63, 3.8) is 0 Å². The molecule has 1 aliphatic heterocycles. The summed E-state index contributed by atoms with van der Waals surface area (Å²) in [5, 5.41) is 10.3. The first-order valence-corrected chi connectivity index (χ1v) is 7.05. The summed E-state index contributed by atoms with van der Waals surface area (Å²) >= 11 is 0. The van der Waals surface area contributed by atoms with Crippen molar-refractivity contribution in [2.75, 3.05) is 6.61 Å². The van der Waals surface area contributed by atoms with Crippen molar-refractivity contribution >= 4 is 0 Å². The Morgan fingerprint density at radius 3 is 2.50 bits per heavy atom. The molecule has 2 rings (SSSR count). The smallest absolute Gasteiger partial charge is 0.105 e. The summed E-state index contributed by atoms with van der Waals surface area (Å²) in [5.41, 5.74) is 2.32. The molecule has 2 atom stereocenters. The minimum Gasteiger partial charge on any atom is -0.386 e. The second-order valence-electron chi connectivity index (χ2n) is 5.69. The number of hydrogen-bond acceptors (Lipinski definition) is 2. The monoisotopic (exact) mass is 248 g/mol. The SMILES string of the molecule is CC(C)Cc1ccc(C(O)C2CCCCO2)cc1. The first kappa shape index (κ1) is 13.6. The highest BCUT2D eigenvalue weighted by atomic mass is 16.5. The minimum atomic E-state index is -0.474. The molecule has 0 aliphatic carbocycles. The minimum absolute atomic E-state index is 0.0188. The third-order valence-corrected chi connectivity index (χ3v) is 3.53. The summed E-state index contributed by atoms with van der Waals surface area (Å²) in [6.45, 7) is 5.23. The van der Waals surface area contributed by atoms with Crippen molar-refractivity contribution in [3.05, 3.63) is 35.4 Å². The predicted molar refractivity (Wildman–Crippen MR) is 73.5 cm³/mol. The van der Waals surface area contributed by atoms with Crippen LogP contribution in [0.15, 0.2) is 24.3 Å². The molecule has 0 amide bonds. The second kappa shape index (κ2) is 6.35. The average molecular weight is 248 g/mol. The van der Waals surface area contributed by atoms with Gasteiger partial charge in [-0.2, -0.15) is 0 Å². The molecule has 0 saturated carbocycles. The molecule has 18 heavy (non-hydrogen) atoms. The number of hydrogen-bond donors (Lipinski definition) is 1. The van der Waals surface area contributed by atoms with Crippen LogP contribution in [0.5, 0.6) is 0 Å². The van der Waals surface area contributed by atoms with E-state index in [1.165, 1.54) is 5.56 Å². The molecule has 0 spiro atoms. The Kier molecular flexibility index (Phi) is 4.79. The van der Waals surface area contributed by atoms with Gasteiger partial charge in [-0.25, -0.2) is 0 Å². The van der Waals surface area contributed by atoms with Gasteiger partial charge >= 0.3 is 0 Å². The number of aliphatic hydroxyl groups is 1. The van der Waals surface area contributed by atoms with Gasteiger partial charge in [0.2, 0.25) is 0 Å². The van der Waals surface area contributed by atoms with Gasteiger partial charge in [0.25, 0.3) is 0 Å². The quantitative estimate of drug-likeness (QED) is 0.884. The molecule has 1 fully saturated rings. The van der Waals surface area contributed by atoms with Gasteiger partial charge in [-0.3, -0.25) is 0 Å². The lowest BCUT2D eigenvalue weighted by Crippen LogP contribution is -2.26. The van der Waals surface area contributed by atoms with Gasteiger partial charge in [-0.1, -0.05) is 38.1 Å². The number of rotatable bonds is 4. The Morgan fingerprint density at radius 2 is 1.94 bits per heavy atom. The van der Waals surface area contributed by atoms with Gasteiger partial charge in [-0.05, 0) is 42.7 Å². The van der Waals surface area contributed by atoms with E-state index in [0.717, 1.165) is 37.9 Å². The van der Waals surface area contributed by atoms with Crippen molar-refractivity contribution in [1.82, 2.24) is 0 Å². The van der Waals surface area contributed by atoms with Crippen LogP contribution < -0.4 is 0 Å². The topological polar surface area (TPSA) is 29.5 Å². The van der Waals surface area contributed by atoms with Crippen molar-refractivity contribution in [2.45, 2.75) is 51.7 Å². The molecule has 0 bridgehead atoms. The van der Waals surface area contributed by atoms with Gasteiger partial charge in [0.1, 0.15) is 6.10 Å². The fourth-order valence-corrected chi connectivity index (χ4v) is 2.55. The summed E-state index contributed by atoms with van der Waals surface area (Å²) in [5.74, 6) is 0.669. The number of benzene rings is 1. The zero-order chi connectivity index (χ0) is 13.0. The molecule has 1 N–H and O–H groups in total. The first-order chi connectivity index (χ1) is 8.66. The van der Waals surface area contributed by atoms with Gasteiger partial charge < -0.3 is 9.84 Å². The third-order valence-electron chi connectivity index (χ3n) is 3.53. The molecule has 2 heteroatoms. The van der Waals surface area contributed by atoms with Crippen LogP contribution in [-0.2, 0) is 11.2 Å². The predicted octanol–water partition coefficient (Wildman–Crippen LogP) is 3.49. The largest absolute Gasteiger partial charge is 0.386 e. The Balaban J connectivity index is 1.99. The Labute approximate surface area is 110 Å². The van der Waals surface area contributed by atoms with E-state index in [2.05, 4.69) is 26.0 Å². The average Bonchev–Trinajstić information content (AvgIpc) is 2.39. The van der Waals surface area contributed by atoms with Crippen molar-refractivity contribution in [1.29, 1.82) is 0 Å². The van der Waals surface area contributed by atoms with Crippen molar-refractivity contribution in [2.24, 2.45) is 5.92 Å². The summed E-state index contributed by atoms with van der Waals surface area (Å²) in [6.07, 6.45) is 3.85. The highest BCUT2D eigenvalue weighted by Crippen LogP contribution is 2.26. The molecule has 2 unspecified atom stereocenters. The van der Waals surface area contributed by atoms with E-state index >= 15 is 0 Å². The lowest BCUT2D eigenvalue weighted by Gasteiger charge is -2.27. The highest BCUT2D eigenvalue weighted by Gasteiger charge is 2.23. The summed E-state index contributed by atoms with van der Waals surface area (Å²) in [7, 11) is 0. The summed E-state index contributed by atoms with van der Waals surface area (Å²) < 4.78 is 5.64. The van der Waals surface area contributed by atoms with Crippen LogP contribution in [0.4, 0.5) is 0 Å². The third kappa shape index (κ3) is 3.56. The molecule has 1 saturated heterocycles. The molecular weight excluding hydrogens is 224 g/mol. The molecule has 1 heterocycles. The van der Waals surface area contributed by atoms with Gasteiger partial charge in [0.05, 0.1) is 6.10 Å². The van der Waals surface area contributed by atoms with Crippen LogP contribution in [0.3, 0.4) is 0 Å². The Hall–Kier alpha value is -0.860. The molecule has 1 aromatic rings. The van der Waals surface area contributed by atoms with Crippen LogP contribution in [-0.4, -0.2) is 17.8 Å². The fraction of sp³-hybridized carbons (Fsp3) is 0.625. The zero-order valence-electron chi connectivity index (χ0n) is 11.4. The molecule has 1 aliphatic rings. The standard InChI is InChI=1S/C16H24O2/c1-12(2)11-13-6-8-14(9-7-13)16(17)15-5-3-4-10-18-15/h6-9,12,15-17H,3-5,10-11H2,1-2H3. The van der Waals surface area contributed by atoms with Crippen molar-refractivity contribution < 1.29 is 9.84 Å². The van der Waals surface area contributed by atoms with Crippen LogP contribution >= 0.6 is 0 Å². The molecule has 1 aromatic carbocycles. The van der Waals surface area contributed by atoms with E-state index in [1.54, 1.807) is 0 Å². The number of aliphatic hydroxyl groups excluding tert-OH is 1. The van der Waals surface area contributed by atoms with E-state index in [0.29, 0.717) is 5.92 Å². The maximum Gasteiger partial charge on any atom is 0.105 e. The van der Waals surface area contributed by atoms with Gasteiger partial charge in [0.15, 0.2) is 0 Å². The first-order valence-electron chi connectivity index (χ1n) is 7.05. The van der Waals surface area contributed by atoms with Crippen LogP contribution in [0, 0.1) is 5.92 Å². The molecule has 2 nitrogen and oxygen atoms in total. The lowest BCUT2D eigenvalue weighted by molar-refractivity contribution is -0.0633. The maximum absolute atomic E-state index is 10.3. The normalized spacial score (nSPS) is 22.1. The van der Waals surface area contributed by atoms with Crippen LogP contribution in [0.25, 0.3) is 0 Å². The Bertz CT molecular complexity index is 350. The van der Waals surface area contributed by atoms with E-state index < -0.39 is 6.10 Å². The summed E-state index contributed by atoms with van der Waals surface area (Å²) in [4.78, 5) is 0. The molecular formula is C16H24O2. The van der Waals surface area contributed by atoms with E-state index in [-0.39, 0.29) is 6.10 Å². The van der Waals surface area contributed by atoms with Gasteiger partial charge in [0, 0.05) is 6.61 Å². The molecule has 0 aromatic heterocycles. The molecule has 0 radical (unpaired) electrons.